The summed E-state index contributed by atoms with van der Waals surface area (Å²) in [6.07, 6.45) is 1.59. The summed E-state index contributed by atoms with van der Waals surface area (Å²) in [5.41, 5.74) is 0.785. The highest BCUT2D eigenvalue weighted by Crippen LogP contribution is 2.17. The standard InChI is InChI=1S/C19H27N3O2/c1-4-12-21(13-5-2)19(24)16(15-20)14-18(23)22(6-3)17-10-8-7-9-11-17/h7-11,16H,4-6,12-14H2,1-3H3. The summed E-state index contributed by atoms with van der Waals surface area (Å²) in [6, 6.07) is 11.3. The quantitative estimate of drug-likeness (QED) is 0.699. The van der Waals surface area contributed by atoms with Gasteiger partial charge in [-0.1, -0.05) is 32.0 Å². The maximum Gasteiger partial charge on any atom is 0.240 e. The molecule has 0 fully saturated rings. The highest BCUT2D eigenvalue weighted by Gasteiger charge is 2.28. The number of benzene rings is 1. The molecule has 1 unspecified atom stereocenters. The van der Waals surface area contributed by atoms with Crippen LogP contribution in [0.2, 0.25) is 0 Å². The fourth-order valence-electron chi connectivity index (χ4n) is 2.68. The van der Waals surface area contributed by atoms with E-state index in [1.165, 1.54) is 0 Å². The number of nitriles is 1. The third kappa shape index (κ3) is 5.38. The first-order valence-electron chi connectivity index (χ1n) is 8.62. The van der Waals surface area contributed by atoms with Crippen molar-refractivity contribution in [2.24, 2.45) is 5.92 Å². The predicted molar refractivity (Wildman–Crippen MR) is 95.4 cm³/mol. The number of anilines is 1. The van der Waals surface area contributed by atoms with Gasteiger partial charge in [0, 0.05) is 25.3 Å². The molecule has 0 aliphatic rings. The summed E-state index contributed by atoms with van der Waals surface area (Å²) in [7, 11) is 0. The number of carbonyl (C=O) groups is 2. The minimum absolute atomic E-state index is 0.0814. The molecular formula is C19H27N3O2. The van der Waals surface area contributed by atoms with Crippen LogP contribution >= 0.6 is 0 Å². The van der Waals surface area contributed by atoms with Crippen LogP contribution in [0.3, 0.4) is 0 Å². The molecule has 130 valence electrons. The fraction of sp³-hybridized carbons (Fsp3) is 0.526. The monoisotopic (exact) mass is 329 g/mol. The number of rotatable bonds is 9. The van der Waals surface area contributed by atoms with E-state index in [0.717, 1.165) is 18.5 Å². The molecule has 0 aliphatic heterocycles. The summed E-state index contributed by atoms with van der Waals surface area (Å²) in [6.45, 7) is 7.62. The summed E-state index contributed by atoms with van der Waals surface area (Å²) >= 11 is 0. The van der Waals surface area contributed by atoms with Crippen LogP contribution < -0.4 is 4.90 Å². The second-order valence-corrected chi connectivity index (χ2v) is 5.68. The van der Waals surface area contributed by atoms with Crippen molar-refractivity contribution in [3.8, 4) is 6.07 Å². The number of nitrogens with zero attached hydrogens (tertiary/aromatic N) is 3. The zero-order chi connectivity index (χ0) is 17.9. The second-order valence-electron chi connectivity index (χ2n) is 5.68. The average Bonchev–Trinajstić information content (AvgIpc) is 2.60. The number of amides is 2. The van der Waals surface area contributed by atoms with Gasteiger partial charge >= 0.3 is 0 Å². The predicted octanol–water partition coefficient (Wildman–Crippen LogP) is 3.22. The summed E-state index contributed by atoms with van der Waals surface area (Å²) in [4.78, 5) is 28.5. The highest BCUT2D eigenvalue weighted by atomic mass is 16.2. The minimum atomic E-state index is -0.923. The Morgan fingerprint density at radius 2 is 1.67 bits per heavy atom. The van der Waals surface area contributed by atoms with E-state index in [9.17, 15) is 14.9 Å². The Kier molecular flexibility index (Phi) is 8.56. The first-order valence-corrected chi connectivity index (χ1v) is 8.62. The summed E-state index contributed by atoms with van der Waals surface area (Å²) in [5, 5.41) is 9.39. The molecule has 0 radical (unpaired) electrons. The van der Waals surface area contributed by atoms with Crippen molar-refractivity contribution in [2.45, 2.75) is 40.0 Å². The highest BCUT2D eigenvalue weighted by molar-refractivity contribution is 5.96. The molecule has 0 aromatic heterocycles. The maximum absolute atomic E-state index is 12.6. The first kappa shape index (κ1) is 19.7. The first-order chi connectivity index (χ1) is 11.6. The Morgan fingerprint density at radius 1 is 1.08 bits per heavy atom. The zero-order valence-corrected chi connectivity index (χ0v) is 14.9. The number of carbonyl (C=O) groups excluding carboxylic acids is 2. The van der Waals surface area contributed by atoms with E-state index in [0.29, 0.717) is 19.6 Å². The van der Waals surface area contributed by atoms with Crippen LogP contribution in [-0.4, -0.2) is 36.3 Å². The van der Waals surface area contributed by atoms with Crippen LogP contribution in [0.4, 0.5) is 5.69 Å². The summed E-state index contributed by atoms with van der Waals surface area (Å²) in [5.74, 6) is -1.36. The smallest absolute Gasteiger partial charge is 0.240 e. The lowest BCUT2D eigenvalue weighted by atomic mass is 10.0. The lowest BCUT2D eigenvalue weighted by Crippen LogP contribution is -2.40. The minimum Gasteiger partial charge on any atom is -0.342 e. The lowest BCUT2D eigenvalue weighted by molar-refractivity contribution is -0.136. The van der Waals surface area contributed by atoms with Gasteiger partial charge in [0.05, 0.1) is 12.5 Å². The van der Waals surface area contributed by atoms with E-state index in [-0.39, 0.29) is 18.2 Å². The Balaban J connectivity index is 2.84. The van der Waals surface area contributed by atoms with Crippen molar-refractivity contribution in [1.82, 2.24) is 4.90 Å². The third-order valence-corrected chi connectivity index (χ3v) is 3.82. The molecular weight excluding hydrogens is 302 g/mol. The van der Waals surface area contributed by atoms with E-state index < -0.39 is 5.92 Å². The van der Waals surface area contributed by atoms with Crippen molar-refractivity contribution in [1.29, 1.82) is 5.26 Å². The molecule has 0 heterocycles. The normalized spacial score (nSPS) is 11.4. The summed E-state index contributed by atoms with van der Waals surface area (Å²) < 4.78 is 0. The van der Waals surface area contributed by atoms with Crippen LogP contribution in [0.5, 0.6) is 0 Å². The lowest BCUT2D eigenvalue weighted by Gasteiger charge is -2.26. The van der Waals surface area contributed by atoms with Gasteiger partial charge in [-0.15, -0.1) is 0 Å². The van der Waals surface area contributed by atoms with E-state index in [1.54, 1.807) is 9.80 Å². The molecule has 0 bridgehead atoms. The zero-order valence-electron chi connectivity index (χ0n) is 14.9. The van der Waals surface area contributed by atoms with Crippen molar-refractivity contribution < 1.29 is 9.59 Å². The van der Waals surface area contributed by atoms with E-state index in [1.807, 2.05) is 57.2 Å². The van der Waals surface area contributed by atoms with Gasteiger partial charge in [-0.05, 0) is 31.9 Å². The van der Waals surface area contributed by atoms with Crippen molar-refractivity contribution in [2.75, 3.05) is 24.5 Å². The fourth-order valence-corrected chi connectivity index (χ4v) is 2.68. The average molecular weight is 329 g/mol. The van der Waals surface area contributed by atoms with Gasteiger partial charge < -0.3 is 9.80 Å². The molecule has 1 aromatic carbocycles. The molecule has 1 atom stereocenters. The largest absolute Gasteiger partial charge is 0.342 e. The van der Waals surface area contributed by atoms with Gasteiger partial charge in [0.25, 0.3) is 0 Å². The van der Waals surface area contributed by atoms with Crippen molar-refractivity contribution >= 4 is 17.5 Å². The molecule has 24 heavy (non-hydrogen) atoms. The molecule has 0 spiro atoms. The molecule has 1 aromatic rings. The number of para-hydroxylation sites is 1. The second kappa shape index (κ2) is 10.4. The van der Waals surface area contributed by atoms with Crippen LogP contribution in [0, 0.1) is 17.2 Å². The third-order valence-electron chi connectivity index (χ3n) is 3.82. The Labute approximate surface area is 144 Å². The molecule has 1 rings (SSSR count). The van der Waals surface area contributed by atoms with Gasteiger partial charge in [0.1, 0.15) is 5.92 Å². The molecule has 5 nitrogen and oxygen atoms in total. The van der Waals surface area contributed by atoms with Crippen LogP contribution in [0.15, 0.2) is 30.3 Å². The van der Waals surface area contributed by atoms with Gasteiger partial charge in [-0.3, -0.25) is 9.59 Å². The van der Waals surface area contributed by atoms with Gasteiger partial charge in [-0.2, -0.15) is 5.26 Å². The van der Waals surface area contributed by atoms with Crippen LogP contribution in [-0.2, 0) is 9.59 Å². The van der Waals surface area contributed by atoms with Crippen molar-refractivity contribution in [3.63, 3.8) is 0 Å². The van der Waals surface area contributed by atoms with Gasteiger partial charge in [0.15, 0.2) is 0 Å². The topological polar surface area (TPSA) is 64.4 Å². The van der Waals surface area contributed by atoms with Crippen LogP contribution in [0.25, 0.3) is 0 Å². The van der Waals surface area contributed by atoms with E-state index in [4.69, 9.17) is 0 Å². The molecule has 0 saturated heterocycles. The van der Waals surface area contributed by atoms with Gasteiger partial charge in [-0.25, -0.2) is 0 Å². The Morgan fingerprint density at radius 3 is 2.12 bits per heavy atom. The number of hydrogen-bond acceptors (Lipinski definition) is 3. The Hall–Kier alpha value is -2.35. The Bertz CT molecular complexity index is 560. The number of hydrogen-bond donors (Lipinski definition) is 0. The van der Waals surface area contributed by atoms with Crippen LogP contribution in [0.1, 0.15) is 40.0 Å². The molecule has 2 amide bonds. The molecule has 0 N–H and O–H groups in total. The molecule has 0 aliphatic carbocycles. The van der Waals surface area contributed by atoms with E-state index in [2.05, 4.69) is 0 Å². The molecule has 0 saturated carbocycles. The van der Waals surface area contributed by atoms with E-state index >= 15 is 0 Å². The van der Waals surface area contributed by atoms with Crippen molar-refractivity contribution in [3.05, 3.63) is 30.3 Å². The SMILES string of the molecule is CCCN(CCC)C(=O)C(C#N)CC(=O)N(CC)c1ccccc1. The molecule has 5 heteroatoms. The maximum atomic E-state index is 12.6. The van der Waals surface area contributed by atoms with Gasteiger partial charge in [0.2, 0.25) is 11.8 Å².